The highest BCUT2D eigenvalue weighted by molar-refractivity contribution is 5.93. The SMILES string of the molecule is COc1ccc(NC(=O)N[C@H]2CC[C@@H](Nc3cc(N(C)C)c4ccccc4n3)CC2)cc1OC. The Morgan fingerprint density at radius 1 is 0.941 bits per heavy atom. The third kappa shape index (κ3) is 5.44. The molecule has 0 unspecified atom stereocenters. The van der Waals surface area contributed by atoms with E-state index in [1.54, 1.807) is 32.4 Å². The van der Waals surface area contributed by atoms with Crippen molar-refractivity contribution in [3.05, 3.63) is 48.5 Å². The zero-order valence-electron chi connectivity index (χ0n) is 20.2. The lowest BCUT2D eigenvalue weighted by Gasteiger charge is -2.30. The molecule has 4 rings (SSSR count). The van der Waals surface area contributed by atoms with Crippen LogP contribution in [-0.4, -0.2) is 51.4 Å². The molecular weight excluding hydrogens is 430 g/mol. The number of hydrogen-bond acceptors (Lipinski definition) is 6. The molecule has 1 saturated carbocycles. The number of carbonyl (C=O) groups is 1. The summed E-state index contributed by atoms with van der Waals surface area (Å²) in [5, 5.41) is 10.7. The number of amides is 2. The van der Waals surface area contributed by atoms with Crippen LogP contribution in [0.4, 0.5) is 22.0 Å². The number of nitrogens with zero attached hydrogens (tertiary/aromatic N) is 2. The average Bonchev–Trinajstić information content (AvgIpc) is 2.84. The summed E-state index contributed by atoms with van der Waals surface area (Å²) in [6, 6.07) is 15.9. The molecule has 0 aliphatic heterocycles. The van der Waals surface area contributed by atoms with E-state index in [0.29, 0.717) is 23.2 Å². The van der Waals surface area contributed by atoms with E-state index in [1.807, 2.05) is 18.2 Å². The summed E-state index contributed by atoms with van der Waals surface area (Å²) < 4.78 is 10.5. The number of carbonyl (C=O) groups excluding carboxylic acids is 1. The Kier molecular flexibility index (Phi) is 7.25. The second kappa shape index (κ2) is 10.5. The summed E-state index contributed by atoms with van der Waals surface area (Å²) >= 11 is 0. The van der Waals surface area contributed by atoms with Crippen LogP contribution < -0.4 is 30.3 Å². The molecule has 1 aliphatic rings. The van der Waals surface area contributed by atoms with Gasteiger partial charge in [-0.3, -0.25) is 0 Å². The Balaban J connectivity index is 1.31. The molecule has 0 bridgehead atoms. The van der Waals surface area contributed by atoms with Gasteiger partial charge in [0.05, 0.1) is 19.7 Å². The Morgan fingerprint density at radius 3 is 2.35 bits per heavy atom. The highest BCUT2D eigenvalue weighted by atomic mass is 16.5. The quantitative estimate of drug-likeness (QED) is 0.464. The fourth-order valence-corrected chi connectivity index (χ4v) is 4.46. The van der Waals surface area contributed by atoms with Gasteiger partial charge in [0.2, 0.25) is 0 Å². The normalized spacial score (nSPS) is 17.6. The van der Waals surface area contributed by atoms with Gasteiger partial charge >= 0.3 is 6.03 Å². The van der Waals surface area contributed by atoms with E-state index in [2.05, 4.69) is 47.1 Å². The summed E-state index contributed by atoms with van der Waals surface area (Å²) in [6.45, 7) is 0. The van der Waals surface area contributed by atoms with Crippen molar-refractivity contribution in [2.75, 3.05) is 43.8 Å². The number of rotatable bonds is 7. The molecule has 34 heavy (non-hydrogen) atoms. The van der Waals surface area contributed by atoms with Crippen molar-refractivity contribution in [1.29, 1.82) is 0 Å². The Morgan fingerprint density at radius 2 is 1.65 bits per heavy atom. The number of urea groups is 1. The van der Waals surface area contributed by atoms with Crippen LogP contribution in [0.2, 0.25) is 0 Å². The standard InChI is InChI=1S/C26H33N5O3/c1-31(2)22-16-25(30-21-8-6-5-7-20(21)22)27-17-9-11-18(12-10-17)28-26(32)29-19-13-14-23(33-3)24(15-19)34-4/h5-8,13-18H,9-12H2,1-4H3,(H,27,30)(H2,28,29,32)/t17-,18+. The Hall–Kier alpha value is -3.68. The minimum atomic E-state index is -0.213. The van der Waals surface area contributed by atoms with E-state index < -0.39 is 0 Å². The number of benzene rings is 2. The summed E-state index contributed by atoms with van der Waals surface area (Å²) in [7, 11) is 7.26. The number of hydrogen-bond donors (Lipinski definition) is 3. The van der Waals surface area contributed by atoms with Crippen molar-refractivity contribution in [3.8, 4) is 11.5 Å². The number of fused-ring (bicyclic) bond motifs is 1. The van der Waals surface area contributed by atoms with Gasteiger partial charge in [-0.2, -0.15) is 0 Å². The largest absolute Gasteiger partial charge is 0.493 e. The van der Waals surface area contributed by atoms with Gasteiger partial charge < -0.3 is 30.3 Å². The van der Waals surface area contributed by atoms with Crippen LogP contribution in [0.15, 0.2) is 48.5 Å². The fraction of sp³-hybridized carbons (Fsp3) is 0.385. The summed E-state index contributed by atoms with van der Waals surface area (Å²) in [5.74, 6) is 2.09. The fourth-order valence-electron chi connectivity index (χ4n) is 4.46. The van der Waals surface area contributed by atoms with E-state index in [-0.39, 0.29) is 12.1 Å². The smallest absolute Gasteiger partial charge is 0.319 e. The van der Waals surface area contributed by atoms with Crippen LogP contribution in [0.5, 0.6) is 11.5 Å². The first kappa shape index (κ1) is 23.5. The van der Waals surface area contributed by atoms with Crippen LogP contribution in [0, 0.1) is 0 Å². The monoisotopic (exact) mass is 463 g/mol. The highest BCUT2D eigenvalue weighted by Crippen LogP contribution is 2.31. The van der Waals surface area contributed by atoms with Gasteiger partial charge in [-0.15, -0.1) is 0 Å². The molecule has 2 amide bonds. The molecule has 1 heterocycles. The molecule has 0 spiro atoms. The van der Waals surface area contributed by atoms with E-state index in [4.69, 9.17) is 14.5 Å². The number of pyridine rings is 1. The number of ether oxygens (including phenoxy) is 2. The lowest BCUT2D eigenvalue weighted by Crippen LogP contribution is -2.42. The van der Waals surface area contributed by atoms with Crippen molar-refractivity contribution in [2.45, 2.75) is 37.8 Å². The summed E-state index contributed by atoms with van der Waals surface area (Å²) in [4.78, 5) is 19.4. The Bertz CT molecular complexity index is 1140. The van der Waals surface area contributed by atoms with Gasteiger partial charge in [0.25, 0.3) is 0 Å². The van der Waals surface area contributed by atoms with Crippen LogP contribution >= 0.6 is 0 Å². The number of para-hydroxylation sites is 1. The van der Waals surface area contributed by atoms with E-state index in [1.165, 1.54) is 0 Å². The molecular formula is C26H33N5O3. The Labute approximate surface area is 200 Å². The molecule has 8 nitrogen and oxygen atoms in total. The van der Waals surface area contributed by atoms with Crippen molar-refractivity contribution < 1.29 is 14.3 Å². The van der Waals surface area contributed by atoms with Gasteiger partial charge in [0, 0.05) is 55.1 Å². The minimum absolute atomic E-state index is 0.139. The zero-order valence-corrected chi connectivity index (χ0v) is 20.2. The van der Waals surface area contributed by atoms with Crippen LogP contribution in [-0.2, 0) is 0 Å². The van der Waals surface area contributed by atoms with Gasteiger partial charge in [-0.1, -0.05) is 18.2 Å². The first-order valence-corrected chi connectivity index (χ1v) is 11.6. The van der Waals surface area contributed by atoms with Crippen LogP contribution in [0.1, 0.15) is 25.7 Å². The number of aromatic nitrogens is 1. The van der Waals surface area contributed by atoms with Crippen molar-refractivity contribution in [3.63, 3.8) is 0 Å². The van der Waals surface area contributed by atoms with Gasteiger partial charge in [-0.05, 0) is 43.9 Å². The number of nitrogens with one attached hydrogen (secondary N) is 3. The molecule has 1 aliphatic carbocycles. The summed E-state index contributed by atoms with van der Waals surface area (Å²) in [5.41, 5.74) is 2.79. The first-order valence-electron chi connectivity index (χ1n) is 11.6. The maximum atomic E-state index is 12.5. The molecule has 0 saturated heterocycles. The number of methoxy groups -OCH3 is 2. The van der Waals surface area contributed by atoms with Crippen molar-refractivity contribution in [1.82, 2.24) is 10.3 Å². The maximum Gasteiger partial charge on any atom is 0.319 e. The number of anilines is 3. The zero-order chi connectivity index (χ0) is 24.1. The van der Waals surface area contributed by atoms with E-state index in [0.717, 1.165) is 48.1 Å². The predicted molar refractivity (Wildman–Crippen MR) is 137 cm³/mol. The molecule has 180 valence electrons. The van der Waals surface area contributed by atoms with Gasteiger partial charge in [0.1, 0.15) is 5.82 Å². The van der Waals surface area contributed by atoms with Gasteiger partial charge in [0.15, 0.2) is 11.5 Å². The van der Waals surface area contributed by atoms with Gasteiger partial charge in [-0.25, -0.2) is 9.78 Å². The van der Waals surface area contributed by atoms with E-state index in [9.17, 15) is 4.79 Å². The van der Waals surface area contributed by atoms with E-state index >= 15 is 0 Å². The van der Waals surface area contributed by atoms with Crippen LogP contribution in [0.3, 0.4) is 0 Å². The predicted octanol–water partition coefficient (Wildman–Crippen LogP) is 4.86. The van der Waals surface area contributed by atoms with Crippen molar-refractivity contribution in [2.24, 2.45) is 0 Å². The molecule has 0 radical (unpaired) electrons. The molecule has 8 heteroatoms. The molecule has 2 aromatic carbocycles. The van der Waals surface area contributed by atoms with Crippen molar-refractivity contribution >= 4 is 34.1 Å². The third-order valence-corrected chi connectivity index (χ3v) is 6.23. The first-order chi connectivity index (χ1) is 16.5. The highest BCUT2D eigenvalue weighted by Gasteiger charge is 2.23. The third-order valence-electron chi connectivity index (χ3n) is 6.23. The molecule has 3 aromatic rings. The molecule has 0 atom stereocenters. The second-order valence-corrected chi connectivity index (χ2v) is 8.80. The lowest BCUT2D eigenvalue weighted by atomic mass is 9.91. The lowest BCUT2D eigenvalue weighted by molar-refractivity contribution is 0.243. The average molecular weight is 464 g/mol. The topological polar surface area (TPSA) is 87.8 Å². The molecule has 3 N–H and O–H groups in total. The molecule has 1 aromatic heterocycles. The minimum Gasteiger partial charge on any atom is -0.493 e. The van der Waals surface area contributed by atoms with Crippen LogP contribution in [0.25, 0.3) is 10.9 Å². The molecule has 1 fully saturated rings. The summed E-state index contributed by atoms with van der Waals surface area (Å²) in [6.07, 6.45) is 3.75. The maximum absolute atomic E-state index is 12.5. The second-order valence-electron chi connectivity index (χ2n) is 8.80.